The summed E-state index contributed by atoms with van der Waals surface area (Å²) in [7, 11) is 0. The maximum atomic E-state index is 13.6. The van der Waals surface area contributed by atoms with E-state index in [1.807, 2.05) is 13.0 Å². The molecule has 0 fully saturated rings. The van der Waals surface area contributed by atoms with E-state index in [1.165, 1.54) is 6.07 Å². The molecule has 4 heteroatoms. The van der Waals surface area contributed by atoms with E-state index in [9.17, 15) is 4.39 Å². The molecule has 0 spiro atoms. The molecule has 2 rings (SSSR count). The van der Waals surface area contributed by atoms with Crippen LogP contribution in [0.4, 0.5) is 4.39 Å². The van der Waals surface area contributed by atoms with Crippen LogP contribution < -0.4 is 0 Å². The van der Waals surface area contributed by atoms with Gasteiger partial charge in [0.25, 0.3) is 0 Å². The van der Waals surface area contributed by atoms with Gasteiger partial charge < -0.3 is 4.42 Å². The minimum atomic E-state index is -0.276. The van der Waals surface area contributed by atoms with Crippen molar-refractivity contribution in [1.29, 1.82) is 0 Å². The molecule has 2 aromatic rings. The predicted octanol–water partition coefficient (Wildman–Crippen LogP) is 5.06. The first-order valence-electron chi connectivity index (χ1n) is 5.20. The third-order valence-corrected chi connectivity index (χ3v) is 3.76. The third kappa shape index (κ3) is 2.90. The van der Waals surface area contributed by atoms with Crippen LogP contribution in [0, 0.1) is 12.7 Å². The largest absolute Gasteiger partial charge is 0.469 e. The second-order valence-electron chi connectivity index (χ2n) is 3.86. The smallest absolute Gasteiger partial charge is 0.127 e. The number of hydrogen-bond acceptors (Lipinski definition) is 1. The van der Waals surface area contributed by atoms with E-state index < -0.39 is 0 Å². The topological polar surface area (TPSA) is 13.1 Å². The molecular formula is C13H11BrClFO. The van der Waals surface area contributed by atoms with Crippen LogP contribution in [-0.4, -0.2) is 0 Å². The Bertz CT molecular complexity index is 504. The van der Waals surface area contributed by atoms with Gasteiger partial charge in [0.05, 0.1) is 6.26 Å². The van der Waals surface area contributed by atoms with Crippen LogP contribution >= 0.6 is 27.5 Å². The zero-order valence-corrected chi connectivity index (χ0v) is 11.6. The highest BCUT2D eigenvalue weighted by atomic mass is 79.9. The maximum Gasteiger partial charge on any atom is 0.127 e. The van der Waals surface area contributed by atoms with Crippen molar-refractivity contribution < 1.29 is 8.81 Å². The molecule has 1 aromatic heterocycles. The fourth-order valence-electron chi connectivity index (χ4n) is 1.65. The first-order chi connectivity index (χ1) is 8.08. The lowest BCUT2D eigenvalue weighted by molar-refractivity contribution is 0.531. The Kier molecular flexibility index (Phi) is 3.89. The molecule has 1 aromatic carbocycles. The quantitative estimate of drug-likeness (QED) is 0.721. The molecule has 1 unspecified atom stereocenters. The Balaban J connectivity index is 2.21. The standard InChI is InChI=1S/C13H11BrClFO/c1-8-5-9(7-17-8)11(14)6-10-12(15)3-2-4-13(10)16/h2-5,7,11H,6H2,1H3. The van der Waals surface area contributed by atoms with Crippen molar-refractivity contribution in [3.05, 3.63) is 58.3 Å². The Hall–Kier alpha value is -0.800. The lowest BCUT2D eigenvalue weighted by Crippen LogP contribution is -1.98. The molecule has 0 aliphatic rings. The SMILES string of the molecule is Cc1cc(C(Br)Cc2c(F)cccc2Cl)co1. The van der Waals surface area contributed by atoms with E-state index in [0.717, 1.165) is 11.3 Å². The normalized spacial score (nSPS) is 12.7. The van der Waals surface area contributed by atoms with E-state index in [4.69, 9.17) is 16.0 Å². The van der Waals surface area contributed by atoms with E-state index in [0.29, 0.717) is 17.0 Å². The van der Waals surface area contributed by atoms with Gasteiger partial charge in [-0.2, -0.15) is 0 Å². The van der Waals surface area contributed by atoms with Crippen LogP contribution in [0.15, 0.2) is 34.9 Å². The molecule has 17 heavy (non-hydrogen) atoms. The summed E-state index contributed by atoms with van der Waals surface area (Å²) in [5.74, 6) is 0.561. The van der Waals surface area contributed by atoms with Gasteiger partial charge in [-0.1, -0.05) is 33.6 Å². The fraction of sp³-hybridized carbons (Fsp3) is 0.231. The van der Waals surface area contributed by atoms with Gasteiger partial charge in [0, 0.05) is 21.0 Å². The van der Waals surface area contributed by atoms with Crippen LogP contribution in [0.3, 0.4) is 0 Å². The number of hydrogen-bond donors (Lipinski definition) is 0. The minimum Gasteiger partial charge on any atom is -0.469 e. The molecule has 1 heterocycles. The van der Waals surface area contributed by atoms with Crippen LogP contribution in [0.5, 0.6) is 0 Å². The van der Waals surface area contributed by atoms with Crippen molar-refractivity contribution in [1.82, 2.24) is 0 Å². The third-order valence-electron chi connectivity index (χ3n) is 2.56. The Labute approximate surface area is 113 Å². The maximum absolute atomic E-state index is 13.6. The Morgan fingerprint density at radius 2 is 2.24 bits per heavy atom. The van der Waals surface area contributed by atoms with Crippen molar-refractivity contribution >= 4 is 27.5 Å². The molecule has 0 aliphatic heterocycles. The molecule has 0 N–H and O–H groups in total. The second-order valence-corrected chi connectivity index (χ2v) is 5.38. The van der Waals surface area contributed by atoms with Crippen molar-refractivity contribution in [2.45, 2.75) is 18.2 Å². The van der Waals surface area contributed by atoms with Gasteiger partial charge >= 0.3 is 0 Å². The van der Waals surface area contributed by atoms with E-state index in [2.05, 4.69) is 15.9 Å². The first-order valence-corrected chi connectivity index (χ1v) is 6.49. The van der Waals surface area contributed by atoms with E-state index in [1.54, 1.807) is 18.4 Å². The highest BCUT2D eigenvalue weighted by Gasteiger charge is 2.15. The number of rotatable bonds is 3. The summed E-state index contributed by atoms with van der Waals surface area (Å²) in [5.41, 5.74) is 1.51. The highest BCUT2D eigenvalue weighted by Crippen LogP contribution is 2.32. The molecule has 0 aliphatic carbocycles. The summed E-state index contributed by atoms with van der Waals surface area (Å²) in [6.45, 7) is 1.87. The van der Waals surface area contributed by atoms with E-state index >= 15 is 0 Å². The first kappa shape index (κ1) is 12.7. The van der Waals surface area contributed by atoms with Crippen LogP contribution in [0.2, 0.25) is 5.02 Å². The van der Waals surface area contributed by atoms with E-state index in [-0.39, 0.29) is 10.6 Å². The van der Waals surface area contributed by atoms with Gasteiger partial charge in [-0.25, -0.2) is 4.39 Å². The van der Waals surface area contributed by atoms with Crippen LogP contribution in [-0.2, 0) is 6.42 Å². The van der Waals surface area contributed by atoms with Gasteiger partial charge in [0.15, 0.2) is 0 Å². The molecule has 90 valence electrons. The van der Waals surface area contributed by atoms with Crippen molar-refractivity contribution in [3.63, 3.8) is 0 Å². The molecule has 0 bridgehead atoms. The summed E-state index contributed by atoms with van der Waals surface area (Å²) in [6.07, 6.45) is 2.16. The molecule has 0 saturated carbocycles. The summed E-state index contributed by atoms with van der Waals surface area (Å²) in [6, 6.07) is 6.64. The van der Waals surface area contributed by atoms with Gasteiger partial charge in [0.2, 0.25) is 0 Å². The Morgan fingerprint density at radius 3 is 2.82 bits per heavy atom. The van der Waals surface area contributed by atoms with Crippen molar-refractivity contribution in [2.75, 3.05) is 0 Å². The average Bonchev–Trinajstić information content (AvgIpc) is 2.70. The molecule has 0 saturated heterocycles. The summed E-state index contributed by atoms with van der Waals surface area (Å²) < 4.78 is 18.8. The number of aryl methyl sites for hydroxylation is 1. The predicted molar refractivity (Wildman–Crippen MR) is 70.2 cm³/mol. The Morgan fingerprint density at radius 1 is 1.47 bits per heavy atom. The number of alkyl halides is 1. The van der Waals surface area contributed by atoms with Crippen molar-refractivity contribution in [2.24, 2.45) is 0 Å². The van der Waals surface area contributed by atoms with Crippen LogP contribution in [0.1, 0.15) is 21.7 Å². The summed E-state index contributed by atoms with van der Waals surface area (Å²) in [4.78, 5) is -0.00523. The molecule has 1 nitrogen and oxygen atoms in total. The number of benzene rings is 1. The lowest BCUT2D eigenvalue weighted by Gasteiger charge is -2.10. The zero-order valence-electron chi connectivity index (χ0n) is 9.21. The summed E-state index contributed by atoms with van der Waals surface area (Å²) >= 11 is 9.50. The highest BCUT2D eigenvalue weighted by molar-refractivity contribution is 9.09. The lowest BCUT2D eigenvalue weighted by atomic mass is 10.1. The minimum absolute atomic E-state index is 0.00523. The average molecular weight is 318 g/mol. The molecule has 0 radical (unpaired) electrons. The second kappa shape index (κ2) is 5.23. The number of furan rings is 1. The monoisotopic (exact) mass is 316 g/mol. The number of halogens is 3. The van der Waals surface area contributed by atoms with Crippen molar-refractivity contribution in [3.8, 4) is 0 Å². The zero-order chi connectivity index (χ0) is 12.4. The molecule has 1 atom stereocenters. The fourth-order valence-corrected chi connectivity index (χ4v) is 2.46. The molecular weight excluding hydrogens is 306 g/mol. The van der Waals surface area contributed by atoms with Gasteiger partial charge in [-0.05, 0) is 31.5 Å². The van der Waals surface area contributed by atoms with Crippen LogP contribution in [0.25, 0.3) is 0 Å². The van der Waals surface area contributed by atoms with Gasteiger partial charge in [-0.3, -0.25) is 0 Å². The van der Waals surface area contributed by atoms with Gasteiger partial charge in [-0.15, -0.1) is 0 Å². The molecule has 0 amide bonds. The summed E-state index contributed by atoms with van der Waals surface area (Å²) in [5, 5.41) is 0.453. The van der Waals surface area contributed by atoms with Gasteiger partial charge in [0.1, 0.15) is 11.6 Å².